The minimum absolute atomic E-state index is 0. The fourth-order valence-electron chi connectivity index (χ4n) is 1.86. The van der Waals surface area contributed by atoms with E-state index >= 15 is 0 Å². The van der Waals surface area contributed by atoms with Crippen LogP contribution in [0.25, 0.3) is 0 Å². The first-order valence-electron chi connectivity index (χ1n) is 5.80. The molecular formula is C14H11Cl2FNO2-. The topological polar surface area (TPSA) is 30.5 Å². The molecule has 0 aliphatic carbocycles. The van der Waals surface area contributed by atoms with Crippen LogP contribution in [0, 0.1) is 5.82 Å². The van der Waals surface area contributed by atoms with Gasteiger partial charge in [-0.1, -0.05) is 17.7 Å². The number of halogens is 3. The second-order valence-corrected chi connectivity index (χ2v) is 4.58. The lowest BCUT2D eigenvalue weighted by Crippen LogP contribution is -3.00. The molecule has 0 unspecified atom stereocenters. The summed E-state index contributed by atoms with van der Waals surface area (Å²) in [5.41, 5.74) is 1.81. The van der Waals surface area contributed by atoms with Gasteiger partial charge in [0.1, 0.15) is 5.82 Å². The third-order valence-corrected chi connectivity index (χ3v) is 3.14. The highest BCUT2D eigenvalue weighted by molar-refractivity contribution is 6.31. The van der Waals surface area contributed by atoms with Gasteiger partial charge in [-0.15, -0.1) is 0 Å². The predicted molar refractivity (Wildman–Crippen MR) is 71.3 cm³/mol. The molecule has 0 saturated carbocycles. The first-order valence-corrected chi connectivity index (χ1v) is 6.17. The van der Waals surface area contributed by atoms with Crippen molar-refractivity contribution in [1.82, 2.24) is 0 Å². The minimum atomic E-state index is -0.421. The lowest BCUT2D eigenvalue weighted by Gasteiger charge is -2.08. The van der Waals surface area contributed by atoms with Crippen molar-refractivity contribution >= 4 is 17.3 Å². The number of hydrogen-bond donors (Lipinski definition) is 1. The lowest BCUT2D eigenvalue weighted by atomic mass is 10.2. The summed E-state index contributed by atoms with van der Waals surface area (Å²) in [7, 11) is 0. The van der Waals surface area contributed by atoms with Crippen LogP contribution in [0.2, 0.25) is 5.02 Å². The van der Waals surface area contributed by atoms with Gasteiger partial charge in [0.25, 0.3) is 0 Å². The molecule has 3 rings (SSSR count). The predicted octanol–water partition coefficient (Wildman–Crippen LogP) is 0.824. The maximum atomic E-state index is 13.0. The van der Waals surface area contributed by atoms with Crippen LogP contribution in [0.1, 0.15) is 5.56 Å². The van der Waals surface area contributed by atoms with E-state index in [1.165, 1.54) is 6.07 Å². The highest BCUT2D eigenvalue weighted by Gasteiger charge is 2.12. The SMILES string of the molecule is Fc1ccc(NCc2ccc3c(c2)OCO3)cc1Cl.[Cl-]. The summed E-state index contributed by atoms with van der Waals surface area (Å²) < 4.78 is 23.6. The summed E-state index contributed by atoms with van der Waals surface area (Å²) in [6.07, 6.45) is 0. The number of ether oxygens (including phenoxy) is 2. The van der Waals surface area contributed by atoms with E-state index in [-0.39, 0.29) is 24.2 Å². The summed E-state index contributed by atoms with van der Waals surface area (Å²) in [6.45, 7) is 0.860. The number of hydrogen-bond acceptors (Lipinski definition) is 3. The summed E-state index contributed by atoms with van der Waals surface area (Å²) in [5, 5.41) is 3.28. The van der Waals surface area contributed by atoms with Crippen molar-refractivity contribution in [3.8, 4) is 11.5 Å². The zero-order valence-electron chi connectivity index (χ0n) is 10.3. The molecule has 2 aromatic carbocycles. The first kappa shape index (κ1) is 14.8. The molecule has 0 bridgehead atoms. The molecule has 0 atom stereocenters. The zero-order chi connectivity index (χ0) is 13.2. The number of rotatable bonds is 3. The Labute approximate surface area is 127 Å². The first-order chi connectivity index (χ1) is 9.22. The number of nitrogens with one attached hydrogen (secondary N) is 1. The van der Waals surface area contributed by atoms with Crippen LogP contribution in [-0.2, 0) is 6.54 Å². The molecular weight excluding hydrogens is 304 g/mol. The van der Waals surface area contributed by atoms with Gasteiger partial charge in [0.2, 0.25) is 6.79 Å². The van der Waals surface area contributed by atoms with Gasteiger partial charge in [0, 0.05) is 12.2 Å². The zero-order valence-corrected chi connectivity index (χ0v) is 11.8. The highest BCUT2D eigenvalue weighted by atomic mass is 35.5. The van der Waals surface area contributed by atoms with E-state index < -0.39 is 5.82 Å². The molecule has 20 heavy (non-hydrogen) atoms. The van der Waals surface area contributed by atoms with E-state index in [9.17, 15) is 4.39 Å². The van der Waals surface area contributed by atoms with Gasteiger partial charge in [0.15, 0.2) is 11.5 Å². The number of fused-ring (bicyclic) bond motifs is 1. The molecule has 1 N–H and O–H groups in total. The maximum absolute atomic E-state index is 13.0. The fraction of sp³-hybridized carbons (Fsp3) is 0.143. The van der Waals surface area contributed by atoms with Crippen LogP contribution in [0.5, 0.6) is 11.5 Å². The average Bonchev–Trinajstić information content (AvgIpc) is 2.87. The number of anilines is 1. The Balaban J connectivity index is 0.00000147. The maximum Gasteiger partial charge on any atom is 0.231 e. The molecule has 106 valence electrons. The van der Waals surface area contributed by atoms with E-state index in [2.05, 4.69) is 5.32 Å². The van der Waals surface area contributed by atoms with Gasteiger partial charge in [0.05, 0.1) is 5.02 Å². The monoisotopic (exact) mass is 314 g/mol. The van der Waals surface area contributed by atoms with Crippen molar-refractivity contribution in [3.05, 3.63) is 52.8 Å². The average molecular weight is 315 g/mol. The number of benzene rings is 2. The summed E-state index contributed by atoms with van der Waals surface area (Å²) in [6, 6.07) is 10.3. The summed E-state index contributed by atoms with van der Waals surface area (Å²) >= 11 is 5.72. The Morgan fingerprint density at radius 1 is 1.10 bits per heavy atom. The van der Waals surface area contributed by atoms with Crippen molar-refractivity contribution in [2.45, 2.75) is 6.54 Å². The van der Waals surface area contributed by atoms with Crippen molar-refractivity contribution < 1.29 is 26.3 Å². The van der Waals surface area contributed by atoms with E-state index in [1.54, 1.807) is 12.1 Å². The van der Waals surface area contributed by atoms with Gasteiger partial charge in [-0.3, -0.25) is 0 Å². The Morgan fingerprint density at radius 3 is 2.70 bits per heavy atom. The molecule has 3 nitrogen and oxygen atoms in total. The van der Waals surface area contributed by atoms with Gasteiger partial charge in [-0.25, -0.2) is 4.39 Å². The van der Waals surface area contributed by atoms with Gasteiger partial charge >= 0.3 is 0 Å². The van der Waals surface area contributed by atoms with Crippen molar-refractivity contribution in [1.29, 1.82) is 0 Å². The fourth-order valence-corrected chi connectivity index (χ4v) is 2.04. The largest absolute Gasteiger partial charge is 1.00 e. The normalized spacial score (nSPS) is 11.9. The Morgan fingerprint density at radius 2 is 1.90 bits per heavy atom. The van der Waals surface area contributed by atoms with Gasteiger partial charge < -0.3 is 27.2 Å². The molecule has 0 aromatic heterocycles. The molecule has 1 heterocycles. The lowest BCUT2D eigenvalue weighted by molar-refractivity contribution is -0.00000581. The second-order valence-electron chi connectivity index (χ2n) is 4.17. The van der Waals surface area contributed by atoms with E-state index in [0.717, 1.165) is 22.7 Å². The Bertz CT molecular complexity index is 622. The molecule has 0 saturated heterocycles. The molecule has 1 aliphatic heterocycles. The third-order valence-electron chi connectivity index (χ3n) is 2.85. The highest BCUT2D eigenvalue weighted by Crippen LogP contribution is 2.32. The Kier molecular flexibility index (Phi) is 4.57. The second kappa shape index (κ2) is 6.20. The molecule has 1 aliphatic rings. The quantitative estimate of drug-likeness (QED) is 0.910. The molecule has 2 aromatic rings. The summed E-state index contributed by atoms with van der Waals surface area (Å²) in [4.78, 5) is 0. The van der Waals surface area contributed by atoms with Crippen LogP contribution in [0.4, 0.5) is 10.1 Å². The van der Waals surface area contributed by atoms with E-state index in [4.69, 9.17) is 21.1 Å². The van der Waals surface area contributed by atoms with Crippen molar-refractivity contribution in [2.75, 3.05) is 12.1 Å². The molecule has 0 fully saturated rings. The minimum Gasteiger partial charge on any atom is -1.00 e. The smallest absolute Gasteiger partial charge is 0.231 e. The van der Waals surface area contributed by atoms with Gasteiger partial charge in [-0.2, -0.15) is 0 Å². The van der Waals surface area contributed by atoms with Crippen molar-refractivity contribution in [3.63, 3.8) is 0 Å². The standard InChI is InChI=1S/C14H11ClFNO2.ClH/c15-11-6-10(2-3-12(11)16)17-7-9-1-4-13-14(5-9)19-8-18-13;/h1-6,17H,7-8H2;1H/p-1. The molecule has 0 spiro atoms. The van der Waals surface area contributed by atoms with Gasteiger partial charge in [-0.05, 0) is 35.9 Å². The molecule has 0 radical (unpaired) electrons. The van der Waals surface area contributed by atoms with Crippen molar-refractivity contribution in [2.24, 2.45) is 0 Å². The molecule has 0 amide bonds. The van der Waals surface area contributed by atoms with E-state index in [0.29, 0.717) is 6.54 Å². The van der Waals surface area contributed by atoms with Crippen LogP contribution in [0.15, 0.2) is 36.4 Å². The van der Waals surface area contributed by atoms with E-state index in [1.807, 2.05) is 18.2 Å². The third kappa shape index (κ3) is 3.08. The van der Waals surface area contributed by atoms with Crippen LogP contribution in [0.3, 0.4) is 0 Å². The van der Waals surface area contributed by atoms with Crippen LogP contribution >= 0.6 is 11.6 Å². The summed E-state index contributed by atoms with van der Waals surface area (Å²) in [5.74, 6) is 1.08. The van der Waals surface area contributed by atoms with Crippen LogP contribution < -0.4 is 27.2 Å². The molecule has 6 heteroatoms. The Hall–Kier alpha value is -1.65. The van der Waals surface area contributed by atoms with Crippen LogP contribution in [-0.4, -0.2) is 6.79 Å².